The molecule has 4 heteroatoms. The van der Waals surface area contributed by atoms with Gasteiger partial charge in [0.25, 0.3) is 0 Å². The number of thiazole rings is 1. The van der Waals surface area contributed by atoms with Crippen LogP contribution in [0.15, 0.2) is 46.9 Å². The highest BCUT2D eigenvalue weighted by atomic mass is 32.1. The van der Waals surface area contributed by atoms with Crippen LogP contribution in [0.25, 0.3) is 0 Å². The molecule has 0 radical (unpaired) electrons. The maximum absolute atomic E-state index is 6.00. The zero-order chi connectivity index (χ0) is 12.1. The standard InChI is InChI=1S/C13H15N3S/c1-2-11(13-15-8-9-17-13)16-12(14)10-6-4-3-5-7-10/h3-9,11H,2H2,1H3,(H2,14,16). The Morgan fingerprint density at radius 3 is 2.76 bits per heavy atom. The van der Waals surface area contributed by atoms with E-state index in [0.717, 1.165) is 17.0 Å². The summed E-state index contributed by atoms with van der Waals surface area (Å²) >= 11 is 1.62. The van der Waals surface area contributed by atoms with Crippen LogP contribution in [-0.2, 0) is 0 Å². The van der Waals surface area contributed by atoms with Gasteiger partial charge in [0, 0.05) is 17.1 Å². The van der Waals surface area contributed by atoms with Crippen molar-refractivity contribution in [1.82, 2.24) is 4.98 Å². The molecular weight excluding hydrogens is 230 g/mol. The first-order valence-corrected chi connectivity index (χ1v) is 6.47. The van der Waals surface area contributed by atoms with E-state index in [1.54, 1.807) is 17.5 Å². The fourth-order valence-electron chi connectivity index (χ4n) is 1.57. The highest BCUT2D eigenvalue weighted by molar-refractivity contribution is 7.09. The number of aromatic nitrogens is 1. The molecule has 2 aromatic rings. The summed E-state index contributed by atoms with van der Waals surface area (Å²) in [6, 6.07) is 9.88. The van der Waals surface area contributed by atoms with E-state index in [1.165, 1.54) is 0 Å². The summed E-state index contributed by atoms with van der Waals surface area (Å²) in [4.78, 5) is 8.84. The molecule has 1 heterocycles. The number of benzene rings is 1. The van der Waals surface area contributed by atoms with Crippen molar-refractivity contribution < 1.29 is 0 Å². The molecule has 0 saturated heterocycles. The molecule has 88 valence electrons. The smallest absolute Gasteiger partial charge is 0.126 e. The van der Waals surface area contributed by atoms with Gasteiger partial charge < -0.3 is 5.73 Å². The lowest BCUT2D eigenvalue weighted by Gasteiger charge is -2.08. The fraction of sp³-hybridized carbons (Fsp3) is 0.231. The molecule has 17 heavy (non-hydrogen) atoms. The Hall–Kier alpha value is -1.68. The second-order valence-electron chi connectivity index (χ2n) is 3.67. The fourth-order valence-corrected chi connectivity index (χ4v) is 2.33. The van der Waals surface area contributed by atoms with Crippen molar-refractivity contribution in [2.24, 2.45) is 10.7 Å². The number of nitrogens with two attached hydrogens (primary N) is 1. The first-order valence-electron chi connectivity index (χ1n) is 5.59. The molecule has 1 aromatic carbocycles. The van der Waals surface area contributed by atoms with E-state index in [0.29, 0.717) is 5.84 Å². The molecule has 0 bridgehead atoms. The Morgan fingerprint density at radius 2 is 2.18 bits per heavy atom. The minimum absolute atomic E-state index is 0.0650. The first-order chi connectivity index (χ1) is 8.31. The summed E-state index contributed by atoms with van der Waals surface area (Å²) in [6.45, 7) is 2.09. The number of aliphatic imine (C=N–C) groups is 1. The lowest BCUT2D eigenvalue weighted by Crippen LogP contribution is -2.15. The van der Waals surface area contributed by atoms with E-state index in [9.17, 15) is 0 Å². The molecule has 0 saturated carbocycles. The van der Waals surface area contributed by atoms with Crippen LogP contribution < -0.4 is 5.73 Å². The lowest BCUT2D eigenvalue weighted by atomic mass is 10.2. The molecule has 0 fully saturated rings. The third kappa shape index (κ3) is 2.91. The summed E-state index contributed by atoms with van der Waals surface area (Å²) < 4.78 is 0. The molecule has 1 unspecified atom stereocenters. The number of nitrogens with zero attached hydrogens (tertiary/aromatic N) is 2. The molecule has 0 aliphatic heterocycles. The lowest BCUT2D eigenvalue weighted by molar-refractivity contribution is 0.694. The molecular formula is C13H15N3S. The molecule has 3 nitrogen and oxygen atoms in total. The molecule has 1 aromatic heterocycles. The Kier molecular flexibility index (Phi) is 3.88. The van der Waals surface area contributed by atoms with Gasteiger partial charge in [0.2, 0.25) is 0 Å². The Labute approximate surface area is 105 Å². The van der Waals surface area contributed by atoms with Crippen LogP contribution in [0.1, 0.15) is 30.0 Å². The van der Waals surface area contributed by atoms with Gasteiger partial charge in [0.1, 0.15) is 16.9 Å². The first kappa shape index (κ1) is 11.8. The molecule has 0 aliphatic rings. The van der Waals surface area contributed by atoms with Gasteiger partial charge in [-0.25, -0.2) is 4.98 Å². The van der Waals surface area contributed by atoms with Gasteiger partial charge in [-0.2, -0.15) is 0 Å². The second-order valence-corrected chi connectivity index (χ2v) is 4.60. The van der Waals surface area contributed by atoms with E-state index >= 15 is 0 Å². The molecule has 1 atom stereocenters. The largest absolute Gasteiger partial charge is 0.383 e. The average molecular weight is 245 g/mol. The second kappa shape index (κ2) is 5.59. The summed E-state index contributed by atoms with van der Waals surface area (Å²) in [5, 5.41) is 2.98. The highest BCUT2D eigenvalue weighted by Gasteiger charge is 2.11. The van der Waals surface area contributed by atoms with Crippen LogP contribution in [0, 0.1) is 0 Å². The molecule has 0 amide bonds. The van der Waals surface area contributed by atoms with Crippen LogP contribution in [0.2, 0.25) is 0 Å². The number of amidine groups is 1. The summed E-state index contributed by atoms with van der Waals surface area (Å²) in [5.41, 5.74) is 6.97. The Balaban J connectivity index is 2.23. The summed E-state index contributed by atoms with van der Waals surface area (Å²) in [6.07, 6.45) is 2.71. The topological polar surface area (TPSA) is 51.3 Å². The number of hydrogen-bond acceptors (Lipinski definition) is 3. The molecule has 2 N–H and O–H groups in total. The van der Waals surface area contributed by atoms with Crippen LogP contribution in [0.4, 0.5) is 0 Å². The van der Waals surface area contributed by atoms with Crippen LogP contribution in [-0.4, -0.2) is 10.8 Å². The normalized spacial score (nSPS) is 13.6. The van der Waals surface area contributed by atoms with Crippen molar-refractivity contribution in [3.63, 3.8) is 0 Å². The van der Waals surface area contributed by atoms with Gasteiger partial charge in [-0.1, -0.05) is 37.3 Å². The predicted octanol–water partition coefficient (Wildman–Crippen LogP) is 3.00. The third-order valence-corrected chi connectivity index (χ3v) is 3.36. The van der Waals surface area contributed by atoms with Gasteiger partial charge in [0.05, 0.1) is 0 Å². The SMILES string of the molecule is CCC(N=C(N)c1ccccc1)c1nccs1. The number of hydrogen-bond donors (Lipinski definition) is 1. The average Bonchev–Trinajstić information content (AvgIpc) is 2.90. The highest BCUT2D eigenvalue weighted by Crippen LogP contribution is 2.23. The monoisotopic (exact) mass is 245 g/mol. The quantitative estimate of drug-likeness (QED) is 0.665. The Morgan fingerprint density at radius 1 is 1.41 bits per heavy atom. The van der Waals surface area contributed by atoms with Gasteiger partial charge in [-0.15, -0.1) is 11.3 Å². The summed E-state index contributed by atoms with van der Waals surface area (Å²) in [7, 11) is 0. The van der Waals surface area contributed by atoms with Crippen molar-refractivity contribution in [2.45, 2.75) is 19.4 Å². The van der Waals surface area contributed by atoms with Gasteiger partial charge >= 0.3 is 0 Å². The minimum atomic E-state index is 0.0650. The predicted molar refractivity (Wildman–Crippen MR) is 72.3 cm³/mol. The van der Waals surface area contributed by atoms with E-state index in [2.05, 4.69) is 16.9 Å². The maximum Gasteiger partial charge on any atom is 0.126 e. The maximum atomic E-state index is 6.00. The van der Waals surface area contributed by atoms with Crippen molar-refractivity contribution in [2.75, 3.05) is 0 Å². The van der Waals surface area contributed by atoms with E-state index in [4.69, 9.17) is 5.73 Å². The van der Waals surface area contributed by atoms with Crippen molar-refractivity contribution in [3.05, 3.63) is 52.5 Å². The molecule has 0 aliphatic carbocycles. The van der Waals surface area contributed by atoms with Gasteiger partial charge in [0.15, 0.2) is 0 Å². The minimum Gasteiger partial charge on any atom is -0.383 e. The van der Waals surface area contributed by atoms with E-state index < -0.39 is 0 Å². The molecule has 0 spiro atoms. The molecule has 2 rings (SSSR count). The van der Waals surface area contributed by atoms with Crippen molar-refractivity contribution in [3.8, 4) is 0 Å². The van der Waals surface area contributed by atoms with E-state index in [1.807, 2.05) is 35.7 Å². The summed E-state index contributed by atoms with van der Waals surface area (Å²) in [5.74, 6) is 0.577. The zero-order valence-electron chi connectivity index (χ0n) is 9.71. The zero-order valence-corrected chi connectivity index (χ0v) is 10.5. The van der Waals surface area contributed by atoms with Crippen molar-refractivity contribution in [1.29, 1.82) is 0 Å². The van der Waals surface area contributed by atoms with Crippen LogP contribution in [0.3, 0.4) is 0 Å². The third-order valence-electron chi connectivity index (χ3n) is 2.49. The van der Waals surface area contributed by atoms with Gasteiger partial charge in [-0.3, -0.25) is 4.99 Å². The number of rotatable bonds is 4. The van der Waals surface area contributed by atoms with E-state index in [-0.39, 0.29) is 6.04 Å². The van der Waals surface area contributed by atoms with Crippen LogP contribution >= 0.6 is 11.3 Å². The van der Waals surface area contributed by atoms with Crippen molar-refractivity contribution >= 4 is 17.2 Å². The van der Waals surface area contributed by atoms with Crippen LogP contribution in [0.5, 0.6) is 0 Å². The van der Waals surface area contributed by atoms with Gasteiger partial charge in [-0.05, 0) is 6.42 Å². The Bertz CT molecular complexity index is 477.